The normalized spacial score (nSPS) is 10.1. The van der Waals surface area contributed by atoms with E-state index in [2.05, 4.69) is 5.32 Å². The van der Waals surface area contributed by atoms with Crippen molar-refractivity contribution in [2.45, 2.75) is 13.3 Å². The smallest absolute Gasteiger partial charge is 0.227 e. The molecule has 1 amide bonds. The third-order valence-corrected chi connectivity index (χ3v) is 3.02. The van der Waals surface area contributed by atoms with E-state index in [0.717, 1.165) is 17.0 Å². The molecule has 0 aliphatic heterocycles. The number of hydrogen-bond donors (Lipinski definition) is 1. The lowest BCUT2D eigenvalue weighted by Crippen LogP contribution is -2.15. The lowest BCUT2D eigenvalue weighted by molar-refractivity contribution is -0.116. The van der Waals surface area contributed by atoms with Gasteiger partial charge in [0.15, 0.2) is 0 Å². The van der Waals surface area contributed by atoms with Gasteiger partial charge in [-0.3, -0.25) is 4.79 Å². The molecule has 0 spiro atoms. The minimum Gasteiger partial charge on any atom is -0.493 e. The maximum absolute atomic E-state index is 11.7. The van der Waals surface area contributed by atoms with Crippen molar-refractivity contribution in [3.05, 3.63) is 59.1 Å². The summed E-state index contributed by atoms with van der Waals surface area (Å²) in [6, 6.07) is 14.8. The Morgan fingerprint density at radius 2 is 1.95 bits per heavy atom. The lowest BCUT2D eigenvalue weighted by Gasteiger charge is -2.09. The van der Waals surface area contributed by atoms with Crippen LogP contribution >= 0.6 is 11.6 Å². The van der Waals surface area contributed by atoms with Crippen molar-refractivity contribution in [1.82, 2.24) is 0 Å². The number of hydrogen-bond acceptors (Lipinski definition) is 2. The van der Waals surface area contributed by atoms with Crippen LogP contribution in [0.2, 0.25) is 5.02 Å². The molecule has 2 aromatic rings. The van der Waals surface area contributed by atoms with Gasteiger partial charge in [-0.05, 0) is 42.8 Å². The molecule has 0 unspecified atom stereocenters. The molecule has 20 heavy (non-hydrogen) atoms. The van der Waals surface area contributed by atoms with Gasteiger partial charge in [-0.2, -0.15) is 0 Å². The second-order valence-electron chi connectivity index (χ2n) is 4.42. The van der Waals surface area contributed by atoms with Crippen LogP contribution in [0.25, 0.3) is 0 Å². The summed E-state index contributed by atoms with van der Waals surface area (Å²) in [6.45, 7) is 2.26. The first kappa shape index (κ1) is 14.4. The average molecular weight is 290 g/mol. The Kier molecular flexibility index (Phi) is 5.02. The Labute approximate surface area is 123 Å². The predicted octanol–water partition coefficient (Wildman–Crippen LogP) is 4.06. The van der Waals surface area contributed by atoms with E-state index in [1.54, 1.807) is 6.07 Å². The molecule has 0 saturated heterocycles. The Morgan fingerprint density at radius 1 is 1.20 bits per heavy atom. The molecule has 0 heterocycles. The molecule has 104 valence electrons. The van der Waals surface area contributed by atoms with E-state index in [-0.39, 0.29) is 5.91 Å². The average Bonchev–Trinajstić information content (AvgIpc) is 2.42. The second kappa shape index (κ2) is 6.96. The van der Waals surface area contributed by atoms with Crippen LogP contribution in [-0.4, -0.2) is 12.5 Å². The molecule has 0 aromatic heterocycles. The molecule has 4 heteroatoms. The summed E-state index contributed by atoms with van der Waals surface area (Å²) >= 11 is 5.87. The first-order valence-corrected chi connectivity index (χ1v) is 6.77. The molecule has 0 radical (unpaired) electrons. The fourth-order valence-electron chi connectivity index (χ4n) is 1.77. The number of carbonyl (C=O) groups is 1. The molecule has 2 aromatic carbocycles. The SMILES string of the molecule is Cc1cc(Cl)ccc1OCCC(=O)Nc1ccccc1. The molecular weight excluding hydrogens is 274 g/mol. The summed E-state index contributed by atoms with van der Waals surface area (Å²) in [5.41, 5.74) is 1.75. The number of nitrogens with one attached hydrogen (secondary N) is 1. The van der Waals surface area contributed by atoms with Gasteiger partial charge in [0.1, 0.15) is 5.75 Å². The molecule has 3 nitrogen and oxygen atoms in total. The molecule has 0 aliphatic carbocycles. The zero-order valence-corrected chi connectivity index (χ0v) is 12.0. The highest BCUT2D eigenvalue weighted by atomic mass is 35.5. The Hall–Kier alpha value is -2.00. The molecule has 0 saturated carbocycles. The molecule has 1 N–H and O–H groups in total. The van der Waals surface area contributed by atoms with Crippen LogP contribution in [0.3, 0.4) is 0 Å². The van der Waals surface area contributed by atoms with Crippen molar-refractivity contribution in [3.63, 3.8) is 0 Å². The fourth-order valence-corrected chi connectivity index (χ4v) is 2.00. The van der Waals surface area contributed by atoms with Crippen LogP contribution in [0, 0.1) is 6.92 Å². The zero-order valence-electron chi connectivity index (χ0n) is 11.2. The number of carbonyl (C=O) groups excluding carboxylic acids is 1. The summed E-state index contributed by atoms with van der Waals surface area (Å²) in [7, 11) is 0. The summed E-state index contributed by atoms with van der Waals surface area (Å²) < 4.78 is 5.58. The van der Waals surface area contributed by atoms with Gasteiger partial charge in [0, 0.05) is 10.7 Å². The van der Waals surface area contributed by atoms with Gasteiger partial charge in [-0.1, -0.05) is 29.8 Å². The van der Waals surface area contributed by atoms with E-state index in [1.807, 2.05) is 49.4 Å². The van der Waals surface area contributed by atoms with E-state index < -0.39 is 0 Å². The van der Waals surface area contributed by atoms with Gasteiger partial charge in [-0.15, -0.1) is 0 Å². The van der Waals surface area contributed by atoms with Crippen molar-refractivity contribution in [2.24, 2.45) is 0 Å². The topological polar surface area (TPSA) is 38.3 Å². The molecule has 2 rings (SSSR count). The van der Waals surface area contributed by atoms with Gasteiger partial charge in [0.05, 0.1) is 13.0 Å². The quantitative estimate of drug-likeness (QED) is 0.901. The number of para-hydroxylation sites is 1. The summed E-state index contributed by atoms with van der Waals surface area (Å²) in [5, 5.41) is 3.49. The molecule has 0 bridgehead atoms. The van der Waals surface area contributed by atoms with E-state index in [4.69, 9.17) is 16.3 Å². The number of anilines is 1. The highest BCUT2D eigenvalue weighted by Gasteiger charge is 2.04. The zero-order chi connectivity index (χ0) is 14.4. The van der Waals surface area contributed by atoms with Crippen LogP contribution in [0.1, 0.15) is 12.0 Å². The van der Waals surface area contributed by atoms with Crippen LogP contribution in [0.4, 0.5) is 5.69 Å². The molecule has 0 fully saturated rings. The van der Waals surface area contributed by atoms with Gasteiger partial charge in [-0.25, -0.2) is 0 Å². The highest BCUT2D eigenvalue weighted by Crippen LogP contribution is 2.21. The van der Waals surface area contributed by atoms with Crippen molar-refractivity contribution < 1.29 is 9.53 Å². The fraction of sp³-hybridized carbons (Fsp3) is 0.188. The number of ether oxygens (including phenoxy) is 1. The maximum Gasteiger partial charge on any atom is 0.227 e. The van der Waals surface area contributed by atoms with Crippen molar-refractivity contribution >= 4 is 23.2 Å². The van der Waals surface area contributed by atoms with Gasteiger partial charge < -0.3 is 10.1 Å². The third-order valence-electron chi connectivity index (χ3n) is 2.78. The van der Waals surface area contributed by atoms with Gasteiger partial charge in [0.25, 0.3) is 0 Å². The summed E-state index contributed by atoms with van der Waals surface area (Å²) in [4.78, 5) is 11.7. The van der Waals surface area contributed by atoms with E-state index in [9.17, 15) is 4.79 Å². The van der Waals surface area contributed by atoms with Crippen molar-refractivity contribution in [3.8, 4) is 5.75 Å². The largest absolute Gasteiger partial charge is 0.493 e. The number of halogens is 1. The predicted molar refractivity (Wildman–Crippen MR) is 81.4 cm³/mol. The van der Waals surface area contributed by atoms with E-state index in [1.165, 1.54) is 0 Å². The number of amides is 1. The summed E-state index contributed by atoms with van der Waals surface area (Å²) in [5.74, 6) is 0.685. The van der Waals surface area contributed by atoms with Crippen molar-refractivity contribution in [2.75, 3.05) is 11.9 Å². The minimum atomic E-state index is -0.0668. The van der Waals surface area contributed by atoms with Crippen LogP contribution in [0.15, 0.2) is 48.5 Å². The third kappa shape index (κ3) is 4.28. The monoisotopic (exact) mass is 289 g/mol. The van der Waals surface area contributed by atoms with Crippen LogP contribution < -0.4 is 10.1 Å². The number of rotatable bonds is 5. The highest BCUT2D eigenvalue weighted by molar-refractivity contribution is 6.30. The Bertz CT molecular complexity index is 584. The molecule has 0 aliphatic rings. The Morgan fingerprint density at radius 3 is 2.65 bits per heavy atom. The van der Waals surface area contributed by atoms with Crippen LogP contribution in [0.5, 0.6) is 5.75 Å². The first-order chi connectivity index (χ1) is 9.65. The Balaban J connectivity index is 1.79. The van der Waals surface area contributed by atoms with E-state index in [0.29, 0.717) is 18.1 Å². The van der Waals surface area contributed by atoms with Gasteiger partial charge >= 0.3 is 0 Å². The lowest BCUT2D eigenvalue weighted by atomic mass is 10.2. The van der Waals surface area contributed by atoms with Crippen molar-refractivity contribution in [1.29, 1.82) is 0 Å². The number of aryl methyl sites for hydroxylation is 1. The standard InChI is InChI=1S/C16H16ClNO2/c1-12-11-13(17)7-8-15(12)20-10-9-16(19)18-14-5-3-2-4-6-14/h2-8,11H,9-10H2,1H3,(H,18,19). The second-order valence-corrected chi connectivity index (χ2v) is 4.86. The summed E-state index contributed by atoms with van der Waals surface area (Å²) in [6.07, 6.45) is 0.303. The van der Waals surface area contributed by atoms with E-state index >= 15 is 0 Å². The molecular formula is C16H16ClNO2. The first-order valence-electron chi connectivity index (χ1n) is 6.39. The van der Waals surface area contributed by atoms with Crippen LogP contribution in [-0.2, 0) is 4.79 Å². The maximum atomic E-state index is 11.7. The number of benzene rings is 2. The minimum absolute atomic E-state index is 0.0668. The molecule has 0 atom stereocenters. The van der Waals surface area contributed by atoms with Gasteiger partial charge in [0.2, 0.25) is 5.91 Å².